The molecule has 0 aliphatic rings. The fraction of sp³-hybridized carbons (Fsp3) is 0.909. The average molecular weight is 199 g/mol. The van der Waals surface area contributed by atoms with Crippen molar-refractivity contribution in [3.05, 3.63) is 0 Å². The van der Waals surface area contributed by atoms with E-state index in [0.717, 1.165) is 25.7 Å². The van der Waals surface area contributed by atoms with E-state index in [0.29, 0.717) is 17.9 Å². The van der Waals surface area contributed by atoms with Crippen LogP contribution in [0.1, 0.15) is 52.9 Å². The Balaban J connectivity index is 3.45. The van der Waals surface area contributed by atoms with E-state index >= 15 is 0 Å². The van der Waals surface area contributed by atoms with Gasteiger partial charge in [0, 0.05) is 12.5 Å². The molecule has 0 saturated carbocycles. The molecule has 14 heavy (non-hydrogen) atoms. The third-order valence-electron chi connectivity index (χ3n) is 2.15. The largest absolute Gasteiger partial charge is 0.388 e. The van der Waals surface area contributed by atoms with E-state index in [1.54, 1.807) is 0 Å². The van der Waals surface area contributed by atoms with Crippen molar-refractivity contribution < 1.29 is 0 Å². The Labute approximate surface area is 87.8 Å². The molecule has 0 spiro atoms. The van der Waals surface area contributed by atoms with Crippen LogP contribution >= 0.6 is 0 Å². The molecule has 0 aromatic carbocycles. The first-order valence-electron chi connectivity index (χ1n) is 5.40. The standard InChI is InChI=1S/C11H25N3/c1-11(2,3)8-9(12)6-4-5-7-10(13)14/h9H,4-8,12H2,1-3H3,(H3,13,14)/t9-/m0/s1. The second-order valence-electron chi connectivity index (χ2n) is 5.30. The summed E-state index contributed by atoms with van der Waals surface area (Å²) >= 11 is 0. The van der Waals surface area contributed by atoms with Gasteiger partial charge in [-0.1, -0.05) is 27.2 Å². The van der Waals surface area contributed by atoms with E-state index in [-0.39, 0.29) is 5.84 Å². The second-order valence-corrected chi connectivity index (χ2v) is 5.30. The molecule has 84 valence electrons. The molecule has 0 aromatic heterocycles. The van der Waals surface area contributed by atoms with Crippen LogP contribution in [0.15, 0.2) is 0 Å². The van der Waals surface area contributed by atoms with Crippen LogP contribution in [0.25, 0.3) is 0 Å². The van der Waals surface area contributed by atoms with Gasteiger partial charge >= 0.3 is 0 Å². The molecule has 0 rings (SSSR count). The summed E-state index contributed by atoms with van der Waals surface area (Å²) in [6.45, 7) is 6.63. The quantitative estimate of drug-likeness (QED) is 0.348. The first kappa shape index (κ1) is 13.4. The molecule has 5 N–H and O–H groups in total. The molecule has 0 aromatic rings. The van der Waals surface area contributed by atoms with Crippen LogP contribution in [0.5, 0.6) is 0 Å². The highest BCUT2D eigenvalue weighted by molar-refractivity contribution is 5.76. The maximum atomic E-state index is 7.07. The highest BCUT2D eigenvalue weighted by Crippen LogP contribution is 2.21. The van der Waals surface area contributed by atoms with E-state index in [9.17, 15) is 0 Å². The maximum Gasteiger partial charge on any atom is 0.0905 e. The molecule has 0 amide bonds. The minimum Gasteiger partial charge on any atom is -0.388 e. The Hall–Kier alpha value is -0.570. The van der Waals surface area contributed by atoms with Crippen molar-refractivity contribution in [3.63, 3.8) is 0 Å². The van der Waals surface area contributed by atoms with Crippen LogP contribution in [0.4, 0.5) is 0 Å². The van der Waals surface area contributed by atoms with Gasteiger partial charge in [-0.25, -0.2) is 0 Å². The molecular weight excluding hydrogens is 174 g/mol. The van der Waals surface area contributed by atoms with Crippen molar-refractivity contribution in [1.29, 1.82) is 5.41 Å². The van der Waals surface area contributed by atoms with Crippen molar-refractivity contribution >= 4 is 5.84 Å². The summed E-state index contributed by atoms with van der Waals surface area (Å²) in [5.41, 5.74) is 11.6. The van der Waals surface area contributed by atoms with Gasteiger partial charge in [0.15, 0.2) is 0 Å². The van der Waals surface area contributed by atoms with Crippen LogP contribution < -0.4 is 11.5 Å². The van der Waals surface area contributed by atoms with E-state index in [2.05, 4.69) is 20.8 Å². The van der Waals surface area contributed by atoms with E-state index < -0.39 is 0 Å². The van der Waals surface area contributed by atoms with Crippen LogP contribution in [-0.4, -0.2) is 11.9 Å². The lowest BCUT2D eigenvalue weighted by Gasteiger charge is -2.22. The molecule has 0 saturated heterocycles. The fourth-order valence-electron chi connectivity index (χ4n) is 1.61. The Morgan fingerprint density at radius 2 is 1.86 bits per heavy atom. The van der Waals surface area contributed by atoms with Crippen LogP contribution in [-0.2, 0) is 0 Å². The fourth-order valence-corrected chi connectivity index (χ4v) is 1.61. The normalized spacial score (nSPS) is 14.0. The van der Waals surface area contributed by atoms with Crippen LogP contribution in [0.3, 0.4) is 0 Å². The lowest BCUT2D eigenvalue weighted by molar-refractivity contribution is 0.327. The molecule has 0 radical (unpaired) electrons. The molecule has 3 heteroatoms. The molecule has 0 heterocycles. The topological polar surface area (TPSA) is 75.9 Å². The highest BCUT2D eigenvalue weighted by Gasteiger charge is 2.14. The molecule has 1 atom stereocenters. The number of amidine groups is 1. The van der Waals surface area contributed by atoms with Crippen molar-refractivity contribution in [2.24, 2.45) is 16.9 Å². The molecule has 0 fully saturated rings. The third kappa shape index (κ3) is 9.52. The summed E-state index contributed by atoms with van der Waals surface area (Å²) in [5.74, 6) is 0.286. The zero-order valence-electron chi connectivity index (χ0n) is 9.77. The van der Waals surface area contributed by atoms with Gasteiger partial charge in [-0.3, -0.25) is 5.41 Å². The van der Waals surface area contributed by atoms with E-state index in [1.807, 2.05) is 0 Å². The number of rotatable bonds is 6. The van der Waals surface area contributed by atoms with Gasteiger partial charge in [0.25, 0.3) is 0 Å². The zero-order chi connectivity index (χ0) is 11.2. The summed E-state index contributed by atoms with van der Waals surface area (Å²) in [4.78, 5) is 0. The van der Waals surface area contributed by atoms with Gasteiger partial charge in [-0.15, -0.1) is 0 Å². The molecule has 0 bridgehead atoms. The molecular formula is C11H25N3. The summed E-state index contributed by atoms with van der Waals surface area (Å²) in [5, 5.41) is 7.07. The minimum absolute atomic E-state index is 0.286. The molecule has 0 aliphatic heterocycles. The third-order valence-corrected chi connectivity index (χ3v) is 2.15. The monoisotopic (exact) mass is 199 g/mol. The number of nitrogens with one attached hydrogen (secondary N) is 1. The zero-order valence-corrected chi connectivity index (χ0v) is 9.77. The van der Waals surface area contributed by atoms with Crippen LogP contribution in [0.2, 0.25) is 0 Å². The first-order chi connectivity index (χ1) is 6.31. The Kier molecular flexibility index (Phi) is 5.77. The van der Waals surface area contributed by atoms with Gasteiger partial charge in [0.05, 0.1) is 5.84 Å². The van der Waals surface area contributed by atoms with Gasteiger partial charge in [-0.2, -0.15) is 0 Å². The SMILES string of the molecule is CC(C)(C)C[C@@H](N)CCCCC(=N)N. The van der Waals surface area contributed by atoms with Crippen molar-refractivity contribution in [3.8, 4) is 0 Å². The van der Waals surface area contributed by atoms with Gasteiger partial charge in [-0.05, 0) is 24.7 Å². The smallest absolute Gasteiger partial charge is 0.0905 e. The highest BCUT2D eigenvalue weighted by atomic mass is 14.7. The minimum atomic E-state index is 0.286. The number of unbranched alkanes of at least 4 members (excludes halogenated alkanes) is 1. The first-order valence-corrected chi connectivity index (χ1v) is 5.40. The summed E-state index contributed by atoms with van der Waals surface area (Å²) in [7, 11) is 0. The summed E-state index contributed by atoms with van der Waals surface area (Å²) in [6, 6.07) is 0.293. The lowest BCUT2D eigenvalue weighted by Crippen LogP contribution is -2.26. The lowest BCUT2D eigenvalue weighted by atomic mass is 9.87. The number of hydrogen-bond acceptors (Lipinski definition) is 2. The number of nitrogens with two attached hydrogens (primary N) is 2. The van der Waals surface area contributed by atoms with E-state index in [1.165, 1.54) is 0 Å². The van der Waals surface area contributed by atoms with Gasteiger partial charge < -0.3 is 11.5 Å². The summed E-state index contributed by atoms with van der Waals surface area (Å²) in [6.07, 6.45) is 4.89. The van der Waals surface area contributed by atoms with Crippen molar-refractivity contribution in [1.82, 2.24) is 0 Å². The predicted octanol–water partition coefficient (Wildman–Crippen LogP) is 2.25. The Morgan fingerprint density at radius 1 is 1.29 bits per heavy atom. The predicted molar refractivity (Wildman–Crippen MR) is 62.4 cm³/mol. The molecule has 0 unspecified atom stereocenters. The maximum absolute atomic E-state index is 7.07. The number of hydrogen-bond donors (Lipinski definition) is 3. The van der Waals surface area contributed by atoms with Crippen LogP contribution in [0, 0.1) is 10.8 Å². The van der Waals surface area contributed by atoms with Crippen molar-refractivity contribution in [2.75, 3.05) is 0 Å². The molecule has 3 nitrogen and oxygen atoms in total. The van der Waals surface area contributed by atoms with Gasteiger partial charge in [0.1, 0.15) is 0 Å². The van der Waals surface area contributed by atoms with Crippen molar-refractivity contribution in [2.45, 2.75) is 58.9 Å². The second kappa shape index (κ2) is 6.02. The average Bonchev–Trinajstić information content (AvgIpc) is 1.94. The van der Waals surface area contributed by atoms with E-state index in [4.69, 9.17) is 16.9 Å². The van der Waals surface area contributed by atoms with Gasteiger partial charge in [0.2, 0.25) is 0 Å². The Morgan fingerprint density at radius 3 is 2.29 bits per heavy atom. The summed E-state index contributed by atoms with van der Waals surface area (Å²) < 4.78 is 0. The Bertz CT molecular complexity index is 170. The molecule has 0 aliphatic carbocycles.